The largest absolute Gasteiger partial charge is 0.494 e. The van der Waals surface area contributed by atoms with Gasteiger partial charge in [-0.2, -0.15) is 5.10 Å². The molecule has 0 aliphatic carbocycles. The van der Waals surface area contributed by atoms with Gasteiger partial charge in [-0.05, 0) is 25.6 Å². The Bertz CT molecular complexity index is 658. The predicted molar refractivity (Wildman–Crippen MR) is 88.3 cm³/mol. The van der Waals surface area contributed by atoms with E-state index in [2.05, 4.69) is 17.1 Å². The number of hydrogen-bond donors (Lipinski definition) is 3. The molecule has 0 saturated carbocycles. The van der Waals surface area contributed by atoms with Crippen molar-refractivity contribution in [1.29, 1.82) is 0 Å². The molecule has 0 amide bonds. The number of nitrogens with one attached hydrogen (secondary N) is 2. The van der Waals surface area contributed by atoms with Crippen LogP contribution in [0.3, 0.4) is 0 Å². The minimum atomic E-state index is -0.412. The van der Waals surface area contributed by atoms with Crippen molar-refractivity contribution in [3.8, 4) is 5.88 Å². The summed E-state index contributed by atoms with van der Waals surface area (Å²) in [5.41, 5.74) is -0.259. The van der Waals surface area contributed by atoms with Gasteiger partial charge in [-0.3, -0.25) is 19.4 Å². The van der Waals surface area contributed by atoms with E-state index in [4.69, 9.17) is 12.2 Å². The number of quaternary nitrogens is 1. The second-order valence-corrected chi connectivity index (χ2v) is 6.17. The molecule has 122 valence electrons. The maximum absolute atomic E-state index is 12.0. The lowest BCUT2D eigenvalue weighted by Gasteiger charge is -2.27. The van der Waals surface area contributed by atoms with Crippen molar-refractivity contribution in [3.05, 3.63) is 20.7 Å². The molecule has 7 nitrogen and oxygen atoms in total. The van der Waals surface area contributed by atoms with Gasteiger partial charge in [-0.25, -0.2) is 0 Å². The van der Waals surface area contributed by atoms with Gasteiger partial charge in [0.2, 0.25) is 5.88 Å². The van der Waals surface area contributed by atoms with Crippen LogP contribution in [0.1, 0.15) is 31.9 Å². The van der Waals surface area contributed by atoms with E-state index >= 15 is 0 Å². The van der Waals surface area contributed by atoms with Gasteiger partial charge in [0.1, 0.15) is 5.56 Å². The van der Waals surface area contributed by atoms with Crippen molar-refractivity contribution < 1.29 is 10.0 Å². The molecule has 2 heterocycles. The van der Waals surface area contributed by atoms with E-state index in [0.717, 1.165) is 32.6 Å². The molecular formula is C14H24N5O2S+. The van der Waals surface area contributed by atoms with Gasteiger partial charge in [0.05, 0.1) is 39.4 Å². The average molecular weight is 326 g/mol. The number of nitrogens with zero attached hydrogens (tertiary/aromatic N) is 3. The molecule has 1 fully saturated rings. The Kier molecular flexibility index (Phi) is 5.36. The Balaban J connectivity index is 2.31. The zero-order valence-electron chi connectivity index (χ0n) is 13.3. The lowest BCUT2D eigenvalue weighted by Crippen LogP contribution is -3.11. The molecule has 1 atom stereocenters. The first-order valence-electron chi connectivity index (χ1n) is 7.62. The smallest absolute Gasteiger partial charge is 0.264 e. The van der Waals surface area contributed by atoms with Crippen molar-refractivity contribution in [2.45, 2.75) is 26.3 Å². The van der Waals surface area contributed by atoms with Crippen LogP contribution in [0.25, 0.3) is 0 Å². The molecule has 0 aromatic carbocycles. The summed E-state index contributed by atoms with van der Waals surface area (Å²) in [6.07, 6.45) is 2.23. The van der Waals surface area contributed by atoms with Crippen molar-refractivity contribution in [2.24, 2.45) is 5.10 Å². The third-order valence-electron chi connectivity index (χ3n) is 4.13. The van der Waals surface area contributed by atoms with Crippen LogP contribution in [0.2, 0.25) is 0 Å². The number of rotatable bonds is 4. The van der Waals surface area contributed by atoms with Crippen LogP contribution in [-0.4, -0.2) is 59.1 Å². The van der Waals surface area contributed by atoms with E-state index in [1.165, 1.54) is 11.1 Å². The Morgan fingerprint density at radius 3 is 2.73 bits per heavy atom. The summed E-state index contributed by atoms with van der Waals surface area (Å²) in [6.45, 7) is 7.64. The van der Waals surface area contributed by atoms with Crippen LogP contribution in [-0.2, 0) is 0 Å². The Labute approximate surface area is 134 Å². The van der Waals surface area contributed by atoms with Crippen LogP contribution in [0.5, 0.6) is 5.88 Å². The number of H-pyrrole nitrogens is 1. The number of hydrazone groups is 1. The van der Waals surface area contributed by atoms with E-state index in [1.807, 2.05) is 18.9 Å². The molecule has 3 N–H and O–H groups in total. The zero-order chi connectivity index (χ0) is 16.3. The number of likely N-dealkylation sites (N-methyl/N-ethyl adjacent to an activating group) is 1. The fraction of sp³-hybridized carbons (Fsp3) is 0.643. The van der Waals surface area contributed by atoms with Gasteiger partial charge in [-0.1, -0.05) is 6.92 Å². The third-order valence-corrected chi connectivity index (χ3v) is 4.43. The molecule has 22 heavy (non-hydrogen) atoms. The summed E-state index contributed by atoms with van der Waals surface area (Å²) < 4.78 is 1.80. The van der Waals surface area contributed by atoms with Crippen LogP contribution in [0, 0.1) is 4.77 Å². The van der Waals surface area contributed by atoms with Gasteiger partial charge in [0, 0.05) is 6.04 Å². The van der Waals surface area contributed by atoms with Gasteiger partial charge in [0.15, 0.2) is 4.77 Å². The molecule has 0 radical (unpaired) electrons. The summed E-state index contributed by atoms with van der Waals surface area (Å²) in [7, 11) is 2.15. The van der Waals surface area contributed by atoms with Crippen LogP contribution < -0.4 is 10.5 Å². The minimum absolute atomic E-state index is 0.00346. The topological polar surface area (TPSA) is 78.1 Å². The van der Waals surface area contributed by atoms with E-state index in [-0.39, 0.29) is 22.3 Å². The molecule has 0 unspecified atom stereocenters. The Morgan fingerprint density at radius 2 is 2.14 bits per heavy atom. The summed E-state index contributed by atoms with van der Waals surface area (Å²) in [5, 5.41) is 16.6. The minimum Gasteiger partial charge on any atom is -0.494 e. The van der Waals surface area contributed by atoms with Crippen molar-refractivity contribution >= 4 is 18.4 Å². The predicted octanol–water partition coefficient (Wildman–Crippen LogP) is -0.253. The zero-order valence-corrected chi connectivity index (χ0v) is 14.1. The molecule has 1 aromatic heterocycles. The van der Waals surface area contributed by atoms with Crippen LogP contribution in [0.15, 0.2) is 9.90 Å². The fourth-order valence-electron chi connectivity index (χ4n) is 2.39. The maximum Gasteiger partial charge on any atom is 0.264 e. The van der Waals surface area contributed by atoms with E-state index in [0.29, 0.717) is 0 Å². The van der Waals surface area contributed by atoms with E-state index in [9.17, 15) is 9.90 Å². The summed E-state index contributed by atoms with van der Waals surface area (Å²) in [6, 6.07) is 0.00346. The first kappa shape index (κ1) is 16.7. The molecule has 0 spiro atoms. The normalized spacial score (nSPS) is 18.0. The number of piperazine rings is 1. The molecule has 1 saturated heterocycles. The summed E-state index contributed by atoms with van der Waals surface area (Å²) in [4.78, 5) is 16.1. The molecular weight excluding hydrogens is 302 g/mol. The standard InChI is InChI=1S/C14H23N5O2S/c1-4-10(2)19-13(21)11(12(20)16-14(19)22)9-15-18-7-5-17(3)6-8-18/h9-10,21H,4-8H2,1-3H3,(H,16,20,22)/p+1/b15-9+/t10-/m1/s1. The molecule has 8 heteroatoms. The quantitative estimate of drug-likeness (QED) is 0.527. The van der Waals surface area contributed by atoms with Gasteiger partial charge in [-0.15, -0.1) is 0 Å². The van der Waals surface area contributed by atoms with Gasteiger partial charge in [0.25, 0.3) is 5.56 Å². The molecule has 1 aliphatic heterocycles. The van der Waals surface area contributed by atoms with Gasteiger partial charge >= 0.3 is 0 Å². The molecule has 1 aliphatic rings. The number of hydrogen-bond acceptors (Lipinski definition) is 5. The highest BCUT2D eigenvalue weighted by molar-refractivity contribution is 7.71. The van der Waals surface area contributed by atoms with Crippen LogP contribution >= 0.6 is 12.2 Å². The fourth-order valence-corrected chi connectivity index (χ4v) is 2.75. The van der Waals surface area contributed by atoms with E-state index in [1.54, 1.807) is 4.57 Å². The van der Waals surface area contributed by atoms with Crippen LogP contribution in [0.4, 0.5) is 0 Å². The summed E-state index contributed by atoms with van der Waals surface area (Å²) in [5.74, 6) is -0.119. The van der Waals surface area contributed by atoms with Crippen molar-refractivity contribution in [1.82, 2.24) is 14.6 Å². The van der Waals surface area contributed by atoms with Gasteiger partial charge < -0.3 is 10.0 Å². The second-order valence-electron chi connectivity index (χ2n) is 5.78. The Hall–Kier alpha value is -1.67. The third kappa shape index (κ3) is 3.56. The molecule has 0 bridgehead atoms. The van der Waals surface area contributed by atoms with E-state index < -0.39 is 5.56 Å². The SMILES string of the molecule is CC[C@@H](C)n1c(O)c(/C=N/N2CC[NH+](C)CC2)c(=O)[nH]c1=S. The first-order chi connectivity index (χ1) is 10.4. The number of aromatic amines is 1. The Morgan fingerprint density at radius 1 is 1.50 bits per heavy atom. The highest BCUT2D eigenvalue weighted by atomic mass is 32.1. The average Bonchev–Trinajstić information content (AvgIpc) is 2.48. The molecule has 2 rings (SSSR count). The summed E-state index contributed by atoms with van der Waals surface area (Å²) >= 11 is 5.14. The highest BCUT2D eigenvalue weighted by Gasteiger charge is 2.17. The maximum atomic E-state index is 12.0. The second kappa shape index (κ2) is 7.06. The lowest BCUT2D eigenvalue weighted by atomic mass is 10.2. The highest BCUT2D eigenvalue weighted by Crippen LogP contribution is 2.20. The number of aromatic hydroxyl groups is 1. The monoisotopic (exact) mass is 326 g/mol. The van der Waals surface area contributed by atoms with Crippen molar-refractivity contribution in [2.75, 3.05) is 33.2 Å². The van der Waals surface area contributed by atoms with Crippen molar-refractivity contribution in [3.63, 3.8) is 0 Å². The number of aromatic nitrogens is 2. The lowest BCUT2D eigenvalue weighted by molar-refractivity contribution is -0.884. The molecule has 1 aromatic rings. The first-order valence-corrected chi connectivity index (χ1v) is 8.02.